The van der Waals surface area contributed by atoms with Crippen LogP contribution >= 0.6 is 0 Å². The highest BCUT2D eigenvalue weighted by Crippen LogP contribution is 2.18. The smallest absolute Gasteiger partial charge is 0.233 e. The van der Waals surface area contributed by atoms with Crippen LogP contribution in [-0.4, -0.2) is 106 Å². The summed E-state index contributed by atoms with van der Waals surface area (Å²) in [6.07, 6.45) is 3.65. The van der Waals surface area contributed by atoms with Crippen LogP contribution in [-0.2, 0) is 42.9 Å². The highest BCUT2D eigenvalue weighted by molar-refractivity contribution is 7.92. The lowest BCUT2D eigenvalue weighted by molar-refractivity contribution is 0.218. The number of anilines is 4. The zero-order chi connectivity index (χ0) is 39.2. The van der Waals surface area contributed by atoms with Gasteiger partial charge in [-0.1, -0.05) is 24.3 Å². The summed E-state index contributed by atoms with van der Waals surface area (Å²) in [6, 6.07) is 28.2. The molecule has 14 nitrogen and oxygen atoms in total. The second-order valence-electron chi connectivity index (χ2n) is 13.0. The molecule has 5 N–H and O–H groups in total. The number of likely N-dealkylation sites (N-methyl/N-ethyl adjacent to an activating group) is 1. The minimum Gasteiger partial charge on any atom is -0.492 e. The number of rotatable bonds is 23. The zero-order valence-electron chi connectivity index (χ0n) is 30.8. The molecule has 0 radical (unpaired) electrons. The molecule has 0 atom stereocenters. The van der Waals surface area contributed by atoms with Crippen LogP contribution in [0.1, 0.15) is 11.1 Å². The Balaban J connectivity index is 1.22. The van der Waals surface area contributed by atoms with Crippen LogP contribution in [0.2, 0.25) is 0 Å². The predicted octanol–water partition coefficient (Wildman–Crippen LogP) is 3.93. The SMILES string of the molecule is CN(CCOc1ccc(NS(C)(=O)=O)cc1)CCc1ccc(NS(=O)(=O)CCN(CCOc2ccc(NS(C)(=O)=O)cc2)CCc2ccc(N)cc2)cc1. The van der Waals surface area contributed by atoms with E-state index in [-0.39, 0.29) is 12.3 Å². The fourth-order valence-corrected chi connectivity index (χ4v) is 7.46. The monoisotopic (exact) mass is 802 g/mol. The quantitative estimate of drug-likeness (QED) is 0.0796. The molecule has 0 aliphatic heterocycles. The molecule has 0 bridgehead atoms. The summed E-state index contributed by atoms with van der Waals surface area (Å²) in [6.45, 7) is 3.58. The Kier molecular flexibility index (Phi) is 15.4. The molecule has 0 saturated heterocycles. The first-order valence-electron chi connectivity index (χ1n) is 17.3. The van der Waals surface area contributed by atoms with E-state index in [9.17, 15) is 25.3 Å². The van der Waals surface area contributed by atoms with E-state index in [0.29, 0.717) is 73.5 Å². The minimum absolute atomic E-state index is 0.114. The molecule has 0 spiro atoms. The number of ether oxygens (including phenoxy) is 2. The largest absolute Gasteiger partial charge is 0.492 e. The standard InChI is InChI=1S/C37H50N6O8S3/c1-42(24-27-50-36-16-12-33(13-17-36)39-52(2,44)45)22-20-31-6-10-35(11-7-31)41-54(48,49)29-26-43(23-21-30-4-8-32(38)9-5-30)25-28-51-37-18-14-34(15-19-37)40-53(3,46)47/h4-19,39-41H,20-29,38H2,1-3H3. The van der Waals surface area contributed by atoms with E-state index in [4.69, 9.17) is 15.2 Å². The molecule has 0 saturated carbocycles. The Morgan fingerprint density at radius 2 is 0.963 bits per heavy atom. The van der Waals surface area contributed by atoms with Crippen molar-refractivity contribution in [1.82, 2.24) is 9.80 Å². The summed E-state index contributed by atoms with van der Waals surface area (Å²) < 4.78 is 91.2. The van der Waals surface area contributed by atoms with Crippen LogP contribution in [0.4, 0.5) is 22.7 Å². The lowest BCUT2D eigenvalue weighted by atomic mass is 10.1. The number of nitrogens with one attached hydrogen (secondary N) is 3. The van der Waals surface area contributed by atoms with Gasteiger partial charge in [-0.3, -0.25) is 19.1 Å². The van der Waals surface area contributed by atoms with Gasteiger partial charge in [0, 0.05) is 55.5 Å². The number of nitrogen functional groups attached to an aromatic ring is 1. The van der Waals surface area contributed by atoms with Crippen molar-refractivity contribution in [2.45, 2.75) is 12.8 Å². The van der Waals surface area contributed by atoms with Crippen molar-refractivity contribution >= 4 is 52.8 Å². The molecule has 0 amide bonds. The fourth-order valence-electron chi connectivity index (χ4n) is 5.24. The number of hydrogen-bond acceptors (Lipinski definition) is 11. The van der Waals surface area contributed by atoms with Crippen molar-refractivity contribution in [2.24, 2.45) is 0 Å². The summed E-state index contributed by atoms with van der Waals surface area (Å²) in [7, 11) is -8.38. The first-order valence-corrected chi connectivity index (χ1v) is 22.7. The van der Waals surface area contributed by atoms with Gasteiger partial charge in [-0.05, 0) is 104 Å². The zero-order valence-corrected chi connectivity index (χ0v) is 33.2. The number of nitrogens with zero attached hydrogens (tertiary/aromatic N) is 2. The van der Waals surface area contributed by atoms with Crippen LogP contribution in [0.5, 0.6) is 11.5 Å². The lowest BCUT2D eigenvalue weighted by Gasteiger charge is -2.23. The molecule has 4 aromatic carbocycles. The Hall–Kier alpha value is -4.55. The Morgan fingerprint density at radius 1 is 0.537 bits per heavy atom. The molecule has 54 heavy (non-hydrogen) atoms. The minimum atomic E-state index is -3.66. The van der Waals surface area contributed by atoms with Crippen molar-refractivity contribution in [3.05, 3.63) is 108 Å². The molecule has 0 aliphatic rings. The van der Waals surface area contributed by atoms with Gasteiger partial charge in [0.1, 0.15) is 24.7 Å². The van der Waals surface area contributed by atoms with E-state index in [1.165, 1.54) is 0 Å². The van der Waals surface area contributed by atoms with E-state index in [1.807, 2.05) is 48.3 Å². The maximum Gasteiger partial charge on any atom is 0.233 e. The third-order valence-electron chi connectivity index (χ3n) is 8.12. The number of benzene rings is 4. The van der Waals surface area contributed by atoms with Gasteiger partial charge >= 0.3 is 0 Å². The molecule has 0 aliphatic carbocycles. The van der Waals surface area contributed by atoms with E-state index < -0.39 is 30.1 Å². The molecule has 0 fully saturated rings. The third kappa shape index (κ3) is 16.6. The molecular formula is C37H50N6O8S3. The number of nitrogens with two attached hydrogens (primary N) is 1. The Morgan fingerprint density at radius 3 is 1.46 bits per heavy atom. The molecular weight excluding hydrogens is 753 g/mol. The summed E-state index contributed by atoms with van der Waals surface area (Å²) in [4.78, 5) is 4.17. The van der Waals surface area contributed by atoms with E-state index in [2.05, 4.69) is 19.1 Å². The summed E-state index contributed by atoms with van der Waals surface area (Å²) in [5.41, 5.74) is 10.0. The molecule has 0 unspecified atom stereocenters. The molecule has 0 heterocycles. The van der Waals surface area contributed by atoms with Gasteiger partial charge in [0.2, 0.25) is 30.1 Å². The van der Waals surface area contributed by atoms with Gasteiger partial charge in [-0.25, -0.2) is 25.3 Å². The van der Waals surface area contributed by atoms with Gasteiger partial charge in [0.25, 0.3) is 0 Å². The van der Waals surface area contributed by atoms with Crippen molar-refractivity contribution in [3.8, 4) is 11.5 Å². The highest BCUT2D eigenvalue weighted by Gasteiger charge is 2.15. The second kappa shape index (κ2) is 19.7. The first-order chi connectivity index (χ1) is 25.5. The topological polar surface area (TPSA) is 189 Å². The van der Waals surface area contributed by atoms with E-state index >= 15 is 0 Å². The fraction of sp³-hybridized carbons (Fsp3) is 0.351. The first kappa shape index (κ1) is 42.2. The van der Waals surface area contributed by atoms with Crippen molar-refractivity contribution in [2.75, 3.05) is 91.1 Å². The van der Waals surface area contributed by atoms with Gasteiger partial charge in [0.15, 0.2) is 0 Å². The molecule has 0 aromatic heterocycles. The van der Waals surface area contributed by atoms with Crippen LogP contribution in [0.25, 0.3) is 0 Å². The third-order valence-corrected chi connectivity index (χ3v) is 10.6. The van der Waals surface area contributed by atoms with Crippen LogP contribution in [0.3, 0.4) is 0 Å². The lowest BCUT2D eigenvalue weighted by Crippen LogP contribution is -2.36. The van der Waals surface area contributed by atoms with Crippen LogP contribution < -0.4 is 29.4 Å². The predicted molar refractivity (Wildman–Crippen MR) is 217 cm³/mol. The van der Waals surface area contributed by atoms with E-state index in [1.54, 1.807) is 60.7 Å². The molecule has 294 valence electrons. The maximum absolute atomic E-state index is 13.1. The van der Waals surface area contributed by atoms with Gasteiger partial charge in [-0.2, -0.15) is 0 Å². The van der Waals surface area contributed by atoms with Gasteiger partial charge in [0.05, 0.1) is 18.3 Å². The number of hydrogen-bond donors (Lipinski definition) is 4. The van der Waals surface area contributed by atoms with Crippen molar-refractivity contribution in [3.63, 3.8) is 0 Å². The van der Waals surface area contributed by atoms with Crippen molar-refractivity contribution < 1.29 is 34.7 Å². The van der Waals surface area contributed by atoms with Crippen LogP contribution in [0.15, 0.2) is 97.1 Å². The highest BCUT2D eigenvalue weighted by atomic mass is 32.2. The van der Waals surface area contributed by atoms with Gasteiger partial charge in [-0.15, -0.1) is 0 Å². The second-order valence-corrected chi connectivity index (χ2v) is 18.3. The Bertz CT molecular complexity index is 2080. The number of sulfonamides is 3. The summed E-state index contributed by atoms with van der Waals surface area (Å²) in [5.74, 6) is 1.10. The van der Waals surface area contributed by atoms with Crippen molar-refractivity contribution in [1.29, 1.82) is 0 Å². The van der Waals surface area contributed by atoms with Crippen LogP contribution in [0, 0.1) is 0 Å². The average Bonchev–Trinajstić information content (AvgIpc) is 3.10. The Labute approximate surface area is 319 Å². The van der Waals surface area contributed by atoms with Gasteiger partial charge < -0.3 is 20.1 Å². The van der Waals surface area contributed by atoms with E-state index in [0.717, 1.165) is 36.6 Å². The summed E-state index contributed by atoms with van der Waals surface area (Å²) >= 11 is 0. The normalized spacial score (nSPS) is 12.1. The summed E-state index contributed by atoms with van der Waals surface area (Å²) in [5, 5.41) is 0. The molecule has 4 aromatic rings. The average molecular weight is 803 g/mol. The maximum atomic E-state index is 13.1. The molecule has 4 rings (SSSR count). The molecule has 17 heteroatoms.